The van der Waals surface area contributed by atoms with E-state index in [-0.39, 0.29) is 17.4 Å². The monoisotopic (exact) mass is 345 g/mol. The summed E-state index contributed by atoms with van der Waals surface area (Å²) in [6, 6.07) is 10.9. The van der Waals surface area contributed by atoms with Crippen LogP contribution in [0.3, 0.4) is 0 Å². The Morgan fingerprint density at radius 3 is 2.48 bits per heavy atom. The van der Waals surface area contributed by atoms with Crippen molar-refractivity contribution in [3.05, 3.63) is 35.9 Å². The maximum Gasteiger partial charge on any atom is 0.168 e. The van der Waals surface area contributed by atoms with Gasteiger partial charge in [-0.1, -0.05) is 36.8 Å². The Labute approximate surface area is 150 Å². The molecular weight excluding hydrogens is 314 g/mol. The van der Waals surface area contributed by atoms with Crippen LogP contribution in [0.4, 0.5) is 0 Å². The van der Waals surface area contributed by atoms with Crippen LogP contribution >= 0.6 is 0 Å². The van der Waals surface area contributed by atoms with Gasteiger partial charge < -0.3 is 19.9 Å². The second kappa shape index (κ2) is 7.36. The van der Waals surface area contributed by atoms with Crippen LogP contribution in [0.1, 0.15) is 56.9 Å². The molecule has 3 fully saturated rings. The topological polar surface area (TPSA) is 50.7 Å². The summed E-state index contributed by atoms with van der Waals surface area (Å²) in [7, 11) is 0. The maximum absolute atomic E-state index is 10.4. The second-order valence-corrected chi connectivity index (χ2v) is 8.29. The fraction of sp³-hybridized carbons (Fsp3) is 0.714. The van der Waals surface area contributed by atoms with Crippen LogP contribution < -0.4 is 5.32 Å². The van der Waals surface area contributed by atoms with Crippen LogP contribution in [0.2, 0.25) is 0 Å². The van der Waals surface area contributed by atoms with Crippen molar-refractivity contribution in [2.24, 2.45) is 0 Å². The SMILES string of the molecule is O[C@H]1C[C@@H](CCc2ccccc2)NC2(COC3(CCCCC3)OC2)C1. The van der Waals surface area contributed by atoms with Crippen molar-refractivity contribution >= 4 is 0 Å². The summed E-state index contributed by atoms with van der Waals surface area (Å²) in [5.41, 5.74) is 1.14. The highest BCUT2D eigenvalue weighted by Gasteiger charge is 2.48. The largest absolute Gasteiger partial charge is 0.393 e. The standard InChI is InChI=1S/C21H31NO3/c23-19-13-18(10-9-17-7-3-1-4-8-17)22-20(14-19)15-24-21(25-16-20)11-5-2-6-12-21/h1,3-4,7-8,18-19,22-23H,2,5-6,9-16H2/t18-,19+/m1/s1. The molecule has 2 N–H and O–H groups in total. The van der Waals surface area contributed by atoms with Crippen LogP contribution in [-0.4, -0.2) is 41.8 Å². The van der Waals surface area contributed by atoms with Crippen molar-refractivity contribution in [1.82, 2.24) is 5.32 Å². The second-order valence-electron chi connectivity index (χ2n) is 8.29. The minimum absolute atomic E-state index is 0.221. The third kappa shape index (κ3) is 4.08. The maximum atomic E-state index is 10.4. The van der Waals surface area contributed by atoms with Crippen molar-refractivity contribution < 1.29 is 14.6 Å². The molecule has 4 nitrogen and oxygen atoms in total. The van der Waals surface area contributed by atoms with Gasteiger partial charge in [-0.25, -0.2) is 0 Å². The fourth-order valence-corrected chi connectivity index (χ4v) is 4.79. The minimum Gasteiger partial charge on any atom is -0.393 e. The van der Waals surface area contributed by atoms with Gasteiger partial charge in [-0.15, -0.1) is 0 Å². The van der Waals surface area contributed by atoms with Crippen LogP contribution in [0.25, 0.3) is 0 Å². The molecule has 4 rings (SSSR count). The Hall–Kier alpha value is -0.940. The van der Waals surface area contributed by atoms with Gasteiger partial charge in [-0.3, -0.25) is 0 Å². The van der Waals surface area contributed by atoms with Crippen LogP contribution in [0.5, 0.6) is 0 Å². The molecule has 138 valence electrons. The molecule has 2 atom stereocenters. The van der Waals surface area contributed by atoms with E-state index in [2.05, 4.69) is 35.6 Å². The Morgan fingerprint density at radius 1 is 1.04 bits per heavy atom. The first-order valence-electron chi connectivity index (χ1n) is 9.95. The number of piperidine rings is 1. The van der Waals surface area contributed by atoms with E-state index >= 15 is 0 Å². The molecule has 0 radical (unpaired) electrons. The van der Waals surface area contributed by atoms with E-state index in [0.717, 1.165) is 38.5 Å². The zero-order valence-corrected chi connectivity index (χ0v) is 15.1. The predicted octanol–water partition coefficient (Wildman–Crippen LogP) is 3.18. The first kappa shape index (κ1) is 17.5. The lowest BCUT2D eigenvalue weighted by atomic mass is 9.82. The molecule has 0 amide bonds. The number of aliphatic hydroxyl groups is 1. The zero-order valence-electron chi connectivity index (χ0n) is 15.1. The van der Waals surface area contributed by atoms with Gasteiger partial charge >= 0.3 is 0 Å². The predicted molar refractivity (Wildman–Crippen MR) is 97.4 cm³/mol. The molecule has 1 aromatic carbocycles. The van der Waals surface area contributed by atoms with Gasteiger partial charge in [0.05, 0.1) is 24.9 Å². The molecule has 0 bridgehead atoms. The molecule has 25 heavy (non-hydrogen) atoms. The van der Waals surface area contributed by atoms with E-state index in [1.807, 2.05) is 0 Å². The molecule has 1 aromatic rings. The lowest BCUT2D eigenvalue weighted by molar-refractivity contribution is -0.308. The van der Waals surface area contributed by atoms with E-state index in [1.165, 1.54) is 24.8 Å². The molecule has 2 spiro atoms. The lowest BCUT2D eigenvalue weighted by Gasteiger charge is -2.52. The summed E-state index contributed by atoms with van der Waals surface area (Å²) in [6.45, 7) is 1.32. The van der Waals surface area contributed by atoms with Gasteiger partial charge in [0.15, 0.2) is 5.79 Å². The molecule has 1 saturated carbocycles. The smallest absolute Gasteiger partial charge is 0.168 e. The molecule has 2 saturated heterocycles. The fourth-order valence-electron chi connectivity index (χ4n) is 4.79. The van der Waals surface area contributed by atoms with Crippen molar-refractivity contribution in [2.75, 3.05) is 13.2 Å². The van der Waals surface area contributed by atoms with Gasteiger partial charge in [0.1, 0.15) is 0 Å². The number of aryl methyl sites for hydroxylation is 1. The highest BCUT2D eigenvalue weighted by Crippen LogP contribution is 2.39. The molecule has 2 aliphatic heterocycles. The van der Waals surface area contributed by atoms with Crippen molar-refractivity contribution in [3.63, 3.8) is 0 Å². The summed E-state index contributed by atoms with van der Waals surface area (Å²) in [5.74, 6) is -0.340. The van der Waals surface area contributed by atoms with Gasteiger partial charge in [0.2, 0.25) is 0 Å². The molecule has 0 unspecified atom stereocenters. The average Bonchev–Trinajstić information content (AvgIpc) is 2.64. The zero-order chi connectivity index (χ0) is 17.2. The lowest BCUT2D eigenvalue weighted by Crippen LogP contribution is -2.67. The molecule has 4 heteroatoms. The quantitative estimate of drug-likeness (QED) is 0.883. The highest BCUT2D eigenvalue weighted by atomic mass is 16.7. The van der Waals surface area contributed by atoms with Crippen molar-refractivity contribution in [2.45, 2.75) is 81.3 Å². The Morgan fingerprint density at radius 2 is 1.76 bits per heavy atom. The number of nitrogens with one attached hydrogen (secondary N) is 1. The van der Waals surface area contributed by atoms with Gasteiger partial charge in [0.25, 0.3) is 0 Å². The summed E-state index contributed by atoms with van der Waals surface area (Å²) in [6.07, 6.45) is 9.07. The van der Waals surface area contributed by atoms with E-state index < -0.39 is 0 Å². The molecular formula is C21H31NO3. The number of hydrogen-bond acceptors (Lipinski definition) is 4. The Kier molecular flexibility index (Phi) is 5.14. The van der Waals surface area contributed by atoms with E-state index in [1.54, 1.807) is 0 Å². The normalized spacial score (nSPS) is 31.2. The number of hydrogen-bond donors (Lipinski definition) is 2. The molecule has 2 heterocycles. The molecule has 1 aliphatic carbocycles. The summed E-state index contributed by atoms with van der Waals surface area (Å²) in [5, 5.41) is 14.2. The first-order valence-corrected chi connectivity index (χ1v) is 9.95. The molecule has 0 aromatic heterocycles. The van der Waals surface area contributed by atoms with Crippen LogP contribution in [-0.2, 0) is 15.9 Å². The summed E-state index contributed by atoms with van der Waals surface area (Å²) < 4.78 is 12.5. The Balaban J connectivity index is 1.35. The number of aliphatic hydroxyl groups excluding tert-OH is 1. The Bertz CT molecular complexity index is 546. The van der Waals surface area contributed by atoms with E-state index in [9.17, 15) is 5.11 Å². The average molecular weight is 345 g/mol. The van der Waals surface area contributed by atoms with Gasteiger partial charge in [-0.05, 0) is 44.1 Å². The van der Waals surface area contributed by atoms with E-state index in [0.29, 0.717) is 19.3 Å². The van der Waals surface area contributed by atoms with Crippen molar-refractivity contribution in [1.29, 1.82) is 0 Å². The minimum atomic E-state index is -0.340. The summed E-state index contributed by atoms with van der Waals surface area (Å²) in [4.78, 5) is 0. The van der Waals surface area contributed by atoms with Crippen LogP contribution in [0, 0.1) is 0 Å². The number of rotatable bonds is 3. The number of ether oxygens (including phenoxy) is 2. The summed E-state index contributed by atoms with van der Waals surface area (Å²) >= 11 is 0. The third-order valence-electron chi connectivity index (χ3n) is 6.16. The molecule has 3 aliphatic rings. The van der Waals surface area contributed by atoms with Gasteiger partial charge in [0, 0.05) is 18.9 Å². The highest BCUT2D eigenvalue weighted by molar-refractivity contribution is 5.15. The number of benzene rings is 1. The van der Waals surface area contributed by atoms with Crippen LogP contribution in [0.15, 0.2) is 30.3 Å². The van der Waals surface area contributed by atoms with Crippen molar-refractivity contribution in [3.8, 4) is 0 Å². The first-order chi connectivity index (χ1) is 12.2. The van der Waals surface area contributed by atoms with E-state index in [4.69, 9.17) is 9.47 Å². The third-order valence-corrected chi connectivity index (χ3v) is 6.16. The van der Waals surface area contributed by atoms with Gasteiger partial charge in [-0.2, -0.15) is 0 Å².